The molecule has 4 rings (SSSR count). The quantitative estimate of drug-likeness (QED) is 0.651. The number of carbonyl (C=O) groups excluding carboxylic acids is 2. The average molecular weight is 394 g/mol. The van der Waals surface area contributed by atoms with Crippen LogP contribution in [0.2, 0.25) is 0 Å². The molecule has 0 N–H and O–H groups in total. The van der Waals surface area contributed by atoms with Gasteiger partial charge in [0.05, 0.1) is 6.61 Å². The van der Waals surface area contributed by atoms with Gasteiger partial charge in [0.1, 0.15) is 0 Å². The van der Waals surface area contributed by atoms with Gasteiger partial charge in [-0.15, -0.1) is 0 Å². The minimum Gasteiger partial charge on any atom is -0.466 e. The van der Waals surface area contributed by atoms with E-state index in [1.165, 1.54) is 19.3 Å². The van der Waals surface area contributed by atoms with E-state index in [1.807, 2.05) is 18.9 Å². The number of hydrogen-bond donors (Lipinski definition) is 0. The van der Waals surface area contributed by atoms with Gasteiger partial charge in [-0.25, -0.2) is 0 Å². The highest BCUT2D eigenvalue weighted by molar-refractivity contribution is 6.30. The fourth-order valence-corrected chi connectivity index (χ4v) is 7.66. The van der Waals surface area contributed by atoms with Gasteiger partial charge in [-0.05, 0) is 75.0 Å². The Morgan fingerprint density at radius 3 is 2.70 bits per heavy atom. The molecule has 1 saturated heterocycles. The van der Waals surface area contributed by atoms with Gasteiger partial charge >= 0.3 is 5.97 Å². The van der Waals surface area contributed by atoms with E-state index in [-0.39, 0.29) is 17.3 Å². The Bertz CT molecular complexity index is 674. The molecule has 2 saturated carbocycles. The molecule has 0 aromatic carbocycles. The molecule has 1 amide bonds. The van der Waals surface area contributed by atoms with Crippen molar-refractivity contribution in [3.8, 4) is 0 Å². The lowest BCUT2D eigenvalue weighted by molar-refractivity contribution is -0.144. The first-order chi connectivity index (χ1) is 12.9. The number of ether oxygens (including phenoxy) is 1. The SMILES string of the molecule is CCOC(=O)C[C@H]1CCC2C3CC(Cl)=C4N(C)C(=O)CC[C@]4(C)C3CCC21. The summed E-state index contributed by atoms with van der Waals surface area (Å²) in [6.45, 7) is 4.69. The second kappa shape index (κ2) is 7.09. The zero-order chi connectivity index (χ0) is 19.3. The van der Waals surface area contributed by atoms with E-state index in [4.69, 9.17) is 16.3 Å². The third-order valence-electron chi connectivity index (χ3n) is 8.24. The van der Waals surface area contributed by atoms with Gasteiger partial charge < -0.3 is 9.64 Å². The Kier molecular flexibility index (Phi) is 5.07. The number of nitrogens with zero attached hydrogens (tertiary/aromatic N) is 1. The number of halogens is 1. The molecular formula is C22H32ClNO3. The largest absolute Gasteiger partial charge is 0.466 e. The van der Waals surface area contributed by atoms with Gasteiger partial charge in [0.25, 0.3) is 0 Å². The van der Waals surface area contributed by atoms with Crippen molar-refractivity contribution in [2.75, 3.05) is 13.7 Å². The van der Waals surface area contributed by atoms with Crippen molar-refractivity contribution in [2.45, 2.75) is 65.2 Å². The number of fused-ring (bicyclic) bond motifs is 5. The van der Waals surface area contributed by atoms with Gasteiger partial charge in [0.2, 0.25) is 5.91 Å². The summed E-state index contributed by atoms with van der Waals surface area (Å²) in [7, 11) is 1.90. The summed E-state index contributed by atoms with van der Waals surface area (Å²) in [6, 6.07) is 0. The van der Waals surface area contributed by atoms with E-state index in [0.29, 0.717) is 49.0 Å². The molecule has 0 spiro atoms. The molecule has 0 bridgehead atoms. The lowest BCUT2D eigenvalue weighted by Crippen LogP contribution is -2.52. The molecule has 4 aliphatic rings. The first-order valence-corrected chi connectivity index (χ1v) is 11.1. The van der Waals surface area contributed by atoms with Gasteiger partial charge in [-0.3, -0.25) is 9.59 Å². The van der Waals surface area contributed by atoms with Gasteiger partial charge in [0.15, 0.2) is 0 Å². The molecule has 1 heterocycles. The molecule has 3 aliphatic carbocycles. The molecule has 0 aromatic heterocycles. The Morgan fingerprint density at radius 2 is 1.96 bits per heavy atom. The van der Waals surface area contributed by atoms with Crippen molar-refractivity contribution < 1.29 is 14.3 Å². The van der Waals surface area contributed by atoms with Crippen molar-refractivity contribution in [3.05, 3.63) is 10.7 Å². The number of likely N-dealkylation sites (tertiary alicyclic amines) is 1. The maximum Gasteiger partial charge on any atom is 0.306 e. The molecule has 6 atom stereocenters. The summed E-state index contributed by atoms with van der Waals surface area (Å²) in [4.78, 5) is 26.1. The number of allylic oxidation sites excluding steroid dienone is 2. The van der Waals surface area contributed by atoms with E-state index < -0.39 is 0 Å². The number of amides is 1. The van der Waals surface area contributed by atoms with E-state index in [2.05, 4.69) is 6.92 Å². The zero-order valence-electron chi connectivity index (χ0n) is 16.8. The van der Waals surface area contributed by atoms with Crippen LogP contribution in [0.1, 0.15) is 65.2 Å². The number of hydrogen-bond acceptors (Lipinski definition) is 3. The number of piperidine rings is 1. The number of esters is 1. The van der Waals surface area contributed by atoms with Crippen molar-refractivity contribution in [3.63, 3.8) is 0 Å². The van der Waals surface area contributed by atoms with Crippen LogP contribution < -0.4 is 0 Å². The first-order valence-electron chi connectivity index (χ1n) is 10.7. The topological polar surface area (TPSA) is 46.6 Å². The maximum absolute atomic E-state index is 12.3. The van der Waals surface area contributed by atoms with Crippen LogP contribution in [0.15, 0.2) is 10.7 Å². The summed E-state index contributed by atoms with van der Waals surface area (Å²) in [5, 5.41) is 0.906. The molecule has 4 nitrogen and oxygen atoms in total. The molecule has 3 fully saturated rings. The van der Waals surface area contributed by atoms with Crippen LogP contribution in [-0.4, -0.2) is 30.4 Å². The summed E-state index contributed by atoms with van der Waals surface area (Å²) < 4.78 is 5.21. The predicted octanol–water partition coefficient (Wildman–Crippen LogP) is 4.72. The van der Waals surface area contributed by atoms with Crippen molar-refractivity contribution in [2.24, 2.45) is 35.0 Å². The fraction of sp³-hybridized carbons (Fsp3) is 0.818. The predicted molar refractivity (Wildman–Crippen MR) is 105 cm³/mol. The number of carbonyl (C=O) groups is 2. The summed E-state index contributed by atoms with van der Waals surface area (Å²) in [5.41, 5.74) is 1.12. The number of rotatable bonds is 3. The molecule has 150 valence electrons. The Balaban J connectivity index is 1.57. The monoisotopic (exact) mass is 393 g/mol. The third-order valence-corrected chi connectivity index (χ3v) is 8.57. The molecule has 4 unspecified atom stereocenters. The van der Waals surface area contributed by atoms with Crippen LogP contribution in [0.3, 0.4) is 0 Å². The summed E-state index contributed by atoms with van der Waals surface area (Å²) >= 11 is 6.82. The molecule has 5 heteroatoms. The Labute approximate surface area is 167 Å². The van der Waals surface area contributed by atoms with E-state index in [0.717, 1.165) is 30.0 Å². The highest BCUT2D eigenvalue weighted by atomic mass is 35.5. The molecule has 0 aromatic rings. The Hall–Kier alpha value is -1.03. The van der Waals surface area contributed by atoms with Crippen LogP contribution >= 0.6 is 11.6 Å². The van der Waals surface area contributed by atoms with Gasteiger partial charge in [0, 0.05) is 36.0 Å². The van der Waals surface area contributed by atoms with Crippen molar-refractivity contribution in [1.29, 1.82) is 0 Å². The lowest BCUT2D eigenvalue weighted by atomic mass is 9.52. The third kappa shape index (κ3) is 3.03. The second-order valence-electron chi connectivity index (χ2n) is 9.35. The molecule has 27 heavy (non-hydrogen) atoms. The molecule has 0 radical (unpaired) electrons. The minimum absolute atomic E-state index is 0.0207. The van der Waals surface area contributed by atoms with Crippen LogP contribution in [-0.2, 0) is 14.3 Å². The smallest absolute Gasteiger partial charge is 0.306 e. The van der Waals surface area contributed by atoms with Crippen LogP contribution in [0, 0.1) is 35.0 Å². The van der Waals surface area contributed by atoms with Crippen molar-refractivity contribution >= 4 is 23.5 Å². The van der Waals surface area contributed by atoms with Gasteiger partial charge in [-0.1, -0.05) is 18.5 Å². The highest BCUT2D eigenvalue weighted by Gasteiger charge is 2.56. The van der Waals surface area contributed by atoms with E-state index >= 15 is 0 Å². The molecular weight excluding hydrogens is 362 g/mol. The van der Waals surface area contributed by atoms with Crippen LogP contribution in [0.25, 0.3) is 0 Å². The average Bonchev–Trinajstić information content (AvgIpc) is 3.02. The lowest BCUT2D eigenvalue weighted by Gasteiger charge is -2.56. The van der Waals surface area contributed by atoms with Crippen molar-refractivity contribution in [1.82, 2.24) is 4.90 Å². The highest BCUT2D eigenvalue weighted by Crippen LogP contribution is 2.63. The first kappa shape index (κ1) is 19.3. The fourth-order valence-electron chi connectivity index (χ4n) is 7.14. The maximum atomic E-state index is 12.3. The zero-order valence-corrected chi connectivity index (χ0v) is 17.6. The summed E-state index contributed by atoms with van der Waals surface area (Å²) in [6.07, 6.45) is 7.78. The van der Waals surface area contributed by atoms with E-state index in [9.17, 15) is 9.59 Å². The summed E-state index contributed by atoms with van der Waals surface area (Å²) in [5.74, 6) is 3.14. The normalized spacial score (nSPS) is 41.1. The standard InChI is InChI=1S/C22H32ClNO3/c1-4-27-20(26)11-13-5-6-15-14(13)7-8-17-16(15)12-18(23)21-22(17,2)10-9-19(25)24(21)3/h13-17H,4-12H2,1-3H3/t13-,14?,15?,16?,17?,22-/m1/s1. The van der Waals surface area contributed by atoms with Gasteiger partial charge in [-0.2, -0.15) is 0 Å². The molecule has 1 aliphatic heterocycles. The second-order valence-corrected chi connectivity index (χ2v) is 9.81. The minimum atomic E-state index is -0.0338. The van der Waals surface area contributed by atoms with E-state index in [1.54, 1.807) is 0 Å². The Morgan fingerprint density at radius 1 is 1.22 bits per heavy atom. The van der Waals surface area contributed by atoms with Crippen LogP contribution in [0.4, 0.5) is 0 Å². The van der Waals surface area contributed by atoms with Crippen LogP contribution in [0.5, 0.6) is 0 Å².